The number of thiophene rings is 1. The van der Waals surface area contributed by atoms with Gasteiger partial charge in [0.25, 0.3) is 0 Å². The van der Waals surface area contributed by atoms with Crippen molar-refractivity contribution in [1.82, 2.24) is 10.2 Å². The van der Waals surface area contributed by atoms with E-state index in [2.05, 4.69) is 66.9 Å². The molecule has 0 fully saturated rings. The predicted octanol–water partition coefficient (Wildman–Crippen LogP) is 3.94. The first kappa shape index (κ1) is 14.8. The van der Waals surface area contributed by atoms with E-state index in [1.807, 2.05) is 11.3 Å². The van der Waals surface area contributed by atoms with E-state index < -0.39 is 0 Å². The highest BCUT2D eigenvalue weighted by atomic mass is 32.1. The van der Waals surface area contributed by atoms with Gasteiger partial charge in [0.2, 0.25) is 0 Å². The maximum absolute atomic E-state index is 3.80. The highest BCUT2D eigenvalue weighted by molar-refractivity contribution is 7.10. The Hall–Kier alpha value is -1.16. The molecular weight excluding hydrogens is 276 g/mol. The van der Waals surface area contributed by atoms with Gasteiger partial charge in [-0.25, -0.2) is 0 Å². The lowest BCUT2D eigenvalue weighted by Gasteiger charge is -2.26. The monoisotopic (exact) mass is 300 g/mol. The van der Waals surface area contributed by atoms with E-state index in [0.717, 1.165) is 6.54 Å². The van der Waals surface area contributed by atoms with Crippen molar-refractivity contribution >= 4 is 11.3 Å². The molecule has 0 amide bonds. The lowest BCUT2D eigenvalue weighted by molar-refractivity contribution is 0.283. The quantitative estimate of drug-likeness (QED) is 0.900. The SMILES string of the molecule is Cc1ccc2c(c1)C(NCC(c1cccs1)N(C)C)CC2. The van der Waals surface area contributed by atoms with Gasteiger partial charge in [0, 0.05) is 17.5 Å². The van der Waals surface area contributed by atoms with Crippen molar-refractivity contribution in [3.63, 3.8) is 0 Å². The van der Waals surface area contributed by atoms with Crippen LogP contribution >= 0.6 is 11.3 Å². The standard InChI is InChI=1S/C18H24N2S/c1-13-6-7-14-8-9-16(15(14)11-13)19-12-17(20(2)3)18-5-4-10-21-18/h4-7,10-11,16-17,19H,8-9,12H2,1-3H3. The second-order valence-corrected chi connectivity index (χ2v) is 7.18. The van der Waals surface area contributed by atoms with E-state index in [0.29, 0.717) is 12.1 Å². The molecule has 0 saturated heterocycles. The summed E-state index contributed by atoms with van der Waals surface area (Å²) in [6.07, 6.45) is 2.43. The fourth-order valence-electron chi connectivity index (χ4n) is 3.21. The molecule has 0 saturated carbocycles. The van der Waals surface area contributed by atoms with Gasteiger partial charge in [-0.3, -0.25) is 0 Å². The van der Waals surface area contributed by atoms with Gasteiger partial charge in [-0.1, -0.05) is 29.8 Å². The molecule has 1 aromatic heterocycles. The topological polar surface area (TPSA) is 15.3 Å². The molecule has 0 bridgehead atoms. The molecule has 2 aromatic rings. The summed E-state index contributed by atoms with van der Waals surface area (Å²) in [5.41, 5.74) is 4.40. The first-order chi connectivity index (χ1) is 10.1. The van der Waals surface area contributed by atoms with Gasteiger partial charge in [-0.2, -0.15) is 0 Å². The zero-order valence-electron chi connectivity index (χ0n) is 13.1. The van der Waals surface area contributed by atoms with Gasteiger partial charge in [0.15, 0.2) is 0 Å². The average Bonchev–Trinajstić information content (AvgIpc) is 3.09. The summed E-state index contributed by atoms with van der Waals surface area (Å²) in [5.74, 6) is 0. The number of hydrogen-bond donors (Lipinski definition) is 1. The molecule has 3 heteroatoms. The van der Waals surface area contributed by atoms with Crippen LogP contribution in [0.15, 0.2) is 35.7 Å². The van der Waals surface area contributed by atoms with Crippen LogP contribution < -0.4 is 5.32 Å². The number of likely N-dealkylation sites (N-methyl/N-ethyl adjacent to an activating group) is 1. The van der Waals surface area contributed by atoms with E-state index >= 15 is 0 Å². The van der Waals surface area contributed by atoms with Gasteiger partial charge >= 0.3 is 0 Å². The smallest absolute Gasteiger partial charge is 0.0561 e. The maximum Gasteiger partial charge on any atom is 0.0561 e. The molecule has 0 aliphatic heterocycles. The average molecular weight is 300 g/mol. The molecule has 112 valence electrons. The Kier molecular flexibility index (Phi) is 4.43. The minimum absolute atomic E-state index is 0.457. The Morgan fingerprint density at radius 2 is 2.19 bits per heavy atom. The van der Waals surface area contributed by atoms with E-state index in [9.17, 15) is 0 Å². The molecule has 1 aliphatic carbocycles. The molecule has 2 atom stereocenters. The predicted molar refractivity (Wildman–Crippen MR) is 91.0 cm³/mol. The van der Waals surface area contributed by atoms with Crippen molar-refractivity contribution in [2.75, 3.05) is 20.6 Å². The molecule has 2 unspecified atom stereocenters. The Balaban J connectivity index is 1.70. The van der Waals surface area contributed by atoms with Crippen LogP contribution in [0.2, 0.25) is 0 Å². The van der Waals surface area contributed by atoms with Crippen molar-refractivity contribution in [3.05, 3.63) is 57.3 Å². The summed E-state index contributed by atoms with van der Waals surface area (Å²) in [7, 11) is 4.33. The van der Waals surface area contributed by atoms with E-state index in [4.69, 9.17) is 0 Å². The molecular formula is C18H24N2S. The van der Waals surface area contributed by atoms with Crippen molar-refractivity contribution < 1.29 is 0 Å². The molecule has 1 N–H and O–H groups in total. The Morgan fingerprint density at radius 3 is 2.90 bits per heavy atom. The zero-order chi connectivity index (χ0) is 14.8. The Labute approximate surface area is 131 Å². The van der Waals surface area contributed by atoms with Crippen LogP contribution in [0.4, 0.5) is 0 Å². The summed E-state index contributed by atoms with van der Waals surface area (Å²) in [6, 6.07) is 12.2. The van der Waals surface area contributed by atoms with Crippen LogP contribution in [0, 0.1) is 6.92 Å². The van der Waals surface area contributed by atoms with Gasteiger partial charge in [-0.15, -0.1) is 11.3 Å². The first-order valence-corrected chi connectivity index (χ1v) is 8.56. The minimum atomic E-state index is 0.457. The number of aryl methyl sites for hydroxylation is 2. The molecule has 2 nitrogen and oxygen atoms in total. The summed E-state index contributed by atoms with van der Waals surface area (Å²) in [6.45, 7) is 3.19. The van der Waals surface area contributed by atoms with Crippen LogP contribution in [0.1, 0.15) is 40.1 Å². The highest BCUT2D eigenvalue weighted by Crippen LogP contribution is 2.32. The second-order valence-electron chi connectivity index (χ2n) is 6.20. The summed E-state index contributed by atoms with van der Waals surface area (Å²) < 4.78 is 0. The normalized spacial score (nSPS) is 19.0. The second kappa shape index (κ2) is 6.30. The molecule has 1 heterocycles. The van der Waals surface area contributed by atoms with Crippen LogP contribution in [-0.4, -0.2) is 25.5 Å². The molecule has 1 aromatic carbocycles. The fraction of sp³-hybridized carbons (Fsp3) is 0.444. The summed E-state index contributed by atoms with van der Waals surface area (Å²) in [5, 5.41) is 5.97. The third-order valence-corrected chi connectivity index (χ3v) is 5.41. The minimum Gasteiger partial charge on any atom is -0.308 e. The molecule has 3 rings (SSSR count). The number of nitrogens with one attached hydrogen (secondary N) is 1. The number of benzene rings is 1. The number of fused-ring (bicyclic) bond motifs is 1. The van der Waals surface area contributed by atoms with Crippen LogP contribution in [-0.2, 0) is 6.42 Å². The molecule has 21 heavy (non-hydrogen) atoms. The molecule has 0 radical (unpaired) electrons. The van der Waals surface area contributed by atoms with Crippen molar-refractivity contribution in [2.45, 2.75) is 31.8 Å². The van der Waals surface area contributed by atoms with Gasteiger partial charge in [0.1, 0.15) is 0 Å². The van der Waals surface area contributed by atoms with E-state index in [1.165, 1.54) is 34.4 Å². The molecule has 1 aliphatic rings. The van der Waals surface area contributed by atoms with Crippen LogP contribution in [0.5, 0.6) is 0 Å². The van der Waals surface area contributed by atoms with Gasteiger partial charge in [-0.05, 0) is 56.4 Å². The van der Waals surface area contributed by atoms with Crippen molar-refractivity contribution in [1.29, 1.82) is 0 Å². The number of rotatable bonds is 5. The van der Waals surface area contributed by atoms with Crippen LogP contribution in [0.25, 0.3) is 0 Å². The third-order valence-electron chi connectivity index (χ3n) is 4.43. The Morgan fingerprint density at radius 1 is 1.33 bits per heavy atom. The zero-order valence-corrected chi connectivity index (χ0v) is 13.9. The maximum atomic E-state index is 3.80. The lowest BCUT2D eigenvalue weighted by atomic mass is 10.0. The summed E-state index contributed by atoms with van der Waals surface area (Å²) >= 11 is 1.85. The number of hydrogen-bond acceptors (Lipinski definition) is 3. The van der Waals surface area contributed by atoms with Crippen LogP contribution in [0.3, 0.4) is 0 Å². The lowest BCUT2D eigenvalue weighted by Crippen LogP contribution is -2.32. The number of nitrogens with zero attached hydrogens (tertiary/aromatic N) is 1. The van der Waals surface area contributed by atoms with E-state index in [1.54, 1.807) is 0 Å². The summed E-state index contributed by atoms with van der Waals surface area (Å²) in [4.78, 5) is 3.75. The van der Waals surface area contributed by atoms with Crippen molar-refractivity contribution in [3.8, 4) is 0 Å². The van der Waals surface area contributed by atoms with Gasteiger partial charge in [0.05, 0.1) is 6.04 Å². The highest BCUT2D eigenvalue weighted by Gasteiger charge is 2.24. The largest absolute Gasteiger partial charge is 0.308 e. The van der Waals surface area contributed by atoms with Gasteiger partial charge < -0.3 is 10.2 Å². The van der Waals surface area contributed by atoms with E-state index in [-0.39, 0.29) is 0 Å². The fourth-order valence-corrected chi connectivity index (χ4v) is 4.13. The first-order valence-electron chi connectivity index (χ1n) is 7.68. The Bertz CT molecular complexity index is 589. The third kappa shape index (κ3) is 3.20. The van der Waals surface area contributed by atoms with Crippen molar-refractivity contribution in [2.24, 2.45) is 0 Å². The molecule has 0 spiro atoms.